The molecule has 43 heavy (non-hydrogen) atoms. The molecule has 0 aliphatic carbocycles. The Bertz CT molecular complexity index is 1440. The summed E-state index contributed by atoms with van der Waals surface area (Å²) in [4.78, 5) is 50.7. The van der Waals surface area contributed by atoms with E-state index in [0.29, 0.717) is 11.1 Å². The summed E-state index contributed by atoms with van der Waals surface area (Å²) in [6, 6.07) is 17.1. The molecular weight excluding hydrogens is 567 g/mol. The third-order valence-electron chi connectivity index (χ3n) is 6.61. The molecule has 2 atom stereocenters. The number of aliphatic hydroxyl groups is 1. The van der Waals surface area contributed by atoms with Gasteiger partial charge in [-0.15, -0.1) is 13.2 Å². The van der Waals surface area contributed by atoms with Crippen LogP contribution in [0.15, 0.2) is 72.8 Å². The number of nitrogens with one attached hydrogen (secondary N) is 1. The van der Waals surface area contributed by atoms with Crippen LogP contribution in [0, 0.1) is 0 Å². The van der Waals surface area contributed by atoms with E-state index in [1.54, 1.807) is 12.1 Å². The number of hydrogen-bond donors (Lipinski definition) is 2. The highest BCUT2D eigenvalue weighted by molar-refractivity contribution is 6.06. The fourth-order valence-electron chi connectivity index (χ4n) is 4.24. The lowest BCUT2D eigenvalue weighted by Gasteiger charge is -2.20. The van der Waals surface area contributed by atoms with E-state index in [2.05, 4.69) is 14.8 Å². The monoisotopic (exact) mass is 599 g/mol. The SMILES string of the molecule is COC(=O)CC(O)NC(=O)c1ccc(C(=O)C(CC(=O)c2ccc(C(C)(C)C)cc2)c2ccc(OC(F)(F)F)cc2)cc1. The molecule has 0 aliphatic rings. The van der Waals surface area contributed by atoms with Gasteiger partial charge in [0.2, 0.25) is 0 Å². The van der Waals surface area contributed by atoms with Gasteiger partial charge in [0.1, 0.15) is 12.0 Å². The Labute approximate surface area is 246 Å². The molecule has 0 fully saturated rings. The Kier molecular flexibility index (Phi) is 10.5. The maximum atomic E-state index is 13.7. The van der Waals surface area contributed by atoms with Gasteiger partial charge in [-0.25, -0.2) is 0 Å². The first-order valence-corrected chi connectivity index (χ1v) is 13.3. The van der Waals surface area contributed by atoms with E-state index in [0.717, 1.165) is 24.8 Å². The van der Waals surface area contributed by atoms with Gasteiger partial charge < -0.3 is 19.9 Å². The number of benzene rings is 3. The van der Waals surface area contributed by atoms with E-state index in [4.69, 9.17) is 0 Å². The lowest BCUT2D eigenvalue weighted by molar-refractivity contribution is -0.274. The number of aliphatic hydroxyl groups excluding tert-OH is 1. The molecule has 0 aliphatic heterocycles. The first kappa shape index (κ1) is 33.0. The average Bonchev–Trinajstić information content (AvgIpc) is 2.94. The van der Waals surface area contributed by atoms with Crippen molar-refractivity contribution in [2.45, 2.75) is 57.5 Å². The van der Waals surface area contributed by atoms with Crippen molar-refractivity contribution < 1.29 is 46.9 Å². The van der Waals surface area contributed by atoms with Crippen molar-refractivity contribution in [1.82, 2.24) is 5.32 Å². The van der Waals surface area contributed by atoms with E-state index >= 15 is 0 Å². The van der Waals surface area contributed by atoms with Crippen LogP contribution in [0.2, 0.25) is 0 Å². The molecule has 0 radical (unpaired) electrons. The number of amides is 1. The van der Waals surface area contributed by atoms with E-state index in [-0.39, 0.29) is 28.7 Å². The van der Waals surface area contributed by atoms with Crippen LogP contribution in [-0.2, 0) is 14.9 Å². The Morgan fingerprint density at radius 1 is 0.791 bits per heavy atom. The average molecular weight is 600 g/mol. The standard InChI is InChI=1S/C32H32F3NO7/c1-31(2,3)23-13-9-20(10-14-23)26(37)17-25(19-11-15-24(16-12-19)43-32(33,34)35)29(40)21-5-7-22(8-6-21)30(41)36-27(38)18-28(39)42-4/h5-16,25,27,38H,17-18H2,1-4H3,(H,36,41). The largest absolute Gasteiger partial charge is 0.573 e. The Morgan fingerprint density at radius 2 is 1.33 bits per heavy atom. The molecule has 228 valence electrons. The van der Waals surface area contributed by atoms with Crippen molar-refractivity contribution in [3.8, 4) is 5.75 Å². The maximum Gasteiger partial charge on any atom is 0.573 e. The number of carbonyl (C=O) groups is 4. The topological polar surface area (TPSA) is 119 Å². The molecule has 0 saturated heterocycles. The van der Waals surface area contributed by atoms with Gasteiger partial charge in [0, 0.05) is 23.1 Å². The Morgan fingerprint density at radius 3 is 1.84 bits per heavy atom. The van der Waals surface area contributed by atoms with Crippen molar-refractivity contribution in [3.63, 3.8) is 0 Å². The number of Topliss-reactive ketones (excluding diaryl/α,β-unsaturated/α-hetero) is 2. The molecule has 3 rings (SSSR count). The van der Waals surface area contributed by atoms with Crippen LogP contribution in [0.1, 0.15) is 81.7 Å². The summed E-state index contributed by atoms with van der Waals surface area (Å²) >= 11 is 0. The smallest absolute Gasteiger partial charge is 0.469 e. The van der Waals surface area contributed by atoms with Gasteiger partial charge in [0.15, 0.2) is 11.6 Å². The van der Waals surface area contributed by atoms with Crippen LogP contribution in [0.5, 0.6) is 5.75 Å². The van der Waals surface area contributed by atoms with E-state index < -0.39 is 48.3 Å². The normalized spacial score (nSPS) is 13.0. The molecule has 2 unspecified atom stereocenters. The number of carbonyl (C=O) groups excluding carboxylic acids is 4. The molecule has 3 aromatic carbocycles. The minimum atomic E-state index is -4.89. The summed E-state index contributed by atoms with van der Waals surface area (Å²) in [6.45, 7) is 6.10. The number of ether oxygens (including phenoxy) is 2. The number of hydrogen-bond acceptors (Lipinski definition) is 7. The van der Waals surface area contributed by atoms with Crippen LogP contribution < -0.4 is 10.1 Å². The van der Waals surface area contributed by atoms with Gasteiger partial charge in [0.25, 0.3) is 5.91 Å². The maximum absolute atomic E-state index is 13.7. The fourth-order valence-corrected chi connectivity index (χ4v) is 4.24. The summed E-state index contributed by atoms with van der Waals surface area (Å²) < 4.78 is 46.3. The van der Waals surface area contributed by atoms with Crippen LogP contribution >= 0.6 is 0 Å². The highest BCUT2D eigenvalue weighted by atomic mass is 19.4. The van der Waals surface area contributed by atoms with Crippen molar-refractivity contribution >= 4 is 23.4 Å². The minimum absolute atomic E-state index is 0.0840. The number of halogens is 3. The molecule has 0 bridgehead atoms. The van der Waals surface area contributed by atoms with E-state index in [1.165, 1.54) is 36.4 Å². The van der Waals surface area contributed by atoms with E-state index in [1.807, 2.05) is 32.9 Å². The molecule has 8 nitrogen and oxygen atoms in total. The predicted octanol–water partition coefficient (Wildman–Crippen LogP) is 5.73. The quantitative estimate of drug-likeness (QED) is 0.164. The molecule has 11 heteroatoms. The Balaban J connectivity index is 1.86. The number of alkyl halides is 3. The van der Waals surface area contributed by atoms with Crippen molar-refractivity contribution in [2.75, 3.05) is 7.11 Å². The van der Waals surface area contributed by atoms with Gasteiger partial charge in [-0.05, 0) is 40.8 Å². The summed E-state index contributed by atoms with van der Waals surface area (Å²) in [6.07, 6.45) is -7.11. The number of methoxy groups -OCH3 is 1. The van der Waals surface area contributed by atoms with Gasteiger partial charge >= 0.3 is 12.3 Å². The number of ketones is 2. The zero-order chi connectivity index (χ0) is 31.9. The molecule has 0 aromatic heterocycles. The summed E-state index contributed by atoms with van der Waals surface area (Å²) in [5, 5.41) is 12.1. The van der Waals surface area contributed by atoms with Crippen LogP contribution in [0.25, 0.3) is 0 Å². The fraction of sp³-hybridized carbons (Fsp3) is 0.312. The zero-order valence-corrected chi connectivity index (χ0v) is 24.0. The van der Waals surface area contributed by atoms with Crippen LogP contribution in [0.3, 0.4) is 0 Å². The third-order valence-corrected chi connectivity index (χ3v) is 6.61. The summed E-state index contributed by atoms with van der Waals surface area (Å²) in [5.41, 5.74) is 1.78. The van der Waals surface area contributed by atoms with E-state index in [9.17, 15) is 37.5 Å². The molecular formula is C32H32F3NO7. The van der Waals surface area contributed by atoms with Crippen LogP contribution in [-0.4, -0.2) is 48.2 Å². The second-order valence-corrected chi connectivity index (χ2v) is 10.8. The van der Waals surface area contributed by atoms with Crippen molar-refractivity contribution in [3.05, 3.63) is 101 Å². The van der Waals surface area contributed by atoms with Gasteiger partial charge in [0.05, 0.1) is 19.4 Å². The third kappa shape index (κ3) is 9.50. The van der Waals surface area contributed by atoms with Crippen molar-refractivity contribution in [1.29, 1.82) is 0 Å². The molecule has 3 aromatic rings. The van der Waals surface area contributed by atoms with Gasteiger partial charge in [-0.3, -0.25) is 19.2 Å². The second-order valence-electron chi connectivity index (χ2n) is 10.8. The lowest BCUT2D eigenvalue weighted by Crippen LogP contribution is -2.36. The lowest BCUT2D eigenvalue weighted by atomic mass is 9.84. The zero-order valence-electron chi connectivity index (χ0n) is 24.0. The molecule has 0 heterocycles. The first-order valence-electron chi connectivity index (χ1n) is 13.3. The first-order chi connectivity index (χ1) is 20.1. The highest BCUT2D eigenvalue weighted by Crippen LogP contribution is 2.30. The second kappa shape index (κ2) is 13.6. The summed E-state index contributed by atoms with van der Waals surface area (Å²) in [7, 11) is 1.14. The summed E-state index contributed by atoms with van der Waals surface area (Å²) in [5.74, 6) is -3.81. The molecule has 0 spiro atoms. The van der Waals surface area contributed by atoms with Crippen LogP contribution in [0.4, 0.5) is 13.2 Å². The number of rotatable bonds is 11. The molecule has 0 saturated carbocycles. The minimum Gasteiger partial charge on any atom is -0.469 e. The highest BCUT2D eigenvalue weighted by Gasteiger charge is 2.32. The number of esters is 1. The molecule has 1 amide bonds. The van der Waals surface area contributed by atoms with Gasteiger partial charge in [-0.1, -0.05) is 69.3 Å². The Hall–Kier alpha value is -4.51. The predicted molar refractivity (Wildman–Crippen MR) is 151 cm³/mol. The molecule has 2 N–H and O–H groups in total. The van der Waals surface area contributed by atoms with Crippen molar-refractivity contribution in [2.24, 2.45) is 0 Å². The van der Waals surface area contributed by atoms with Gasteiger partial charge in [-0.2, -0.15) is 0 Å².